The van der Waals surface area contributed by atoms with Gasteiger partial charge in [-0.05, 0) is 12.1 Å². The first-order valence-electron chi connectivity index (χ1n) is 4.23. The van der Waals surface area contributed by atoms with Crippen LogP contribution in [0.25, 0.3) is 10.9 Å². The topological polar surface area (TPSA) is 56.3 Å². The van der Waals surface area contributed by atoms with E-state index in [9.17, 15) is 4.79 Å². The van der Waals surface area contributed by atoms with Crippen molar-refractivity contribution in [1.29, 1.82) is 0 Å². The number of H-pyrrole nitrogens is 1. The van der Waals surface area contributed by atoms with E-state index >= 15 is 0 Å². The van der Waals surface area contributed by atoms with Gasteiger partial charge in [0.15, 0.2) is 0 Å². The number of aromatic amines is 1. The zero-order chi connectivity index (χ0) is 10.1. The predicted molar refractivity (Wildman–Crippen MR) is 52.2 cm³/mol. The normalized spacial score (nSPS) is 10.4. The third kappa shape index (κ3) is 1.36. The van der Waals surface area contributed by atoms with Crippen LogP contribution in [-0.2, 0) is 0 Å². The fraction of sp³-hybridized carbons (Fsp3) is 0.100. The van der Waals surface area contributed by atoms with Crippen molar-refractivity contribution < 1.29 is 10.0 Å². The molecule has 0 spiro atoms. The maximum absolute atomic E-state index is 11.4. The first-order chi connectivity index (χ1) is 6.68. The minimum Gasteiger partial charge on any atom is -0.350 e. The Kier molecular flexibility index (Phi) is 1.98. The Balaban J connectivity index is 2.50. The van der Waals surface area contributed by atoms with Gasteiger partial charge in [0.25, 0.3) is 5.91 Å². The number of fused-ring (bicyclic) bond motifs is 1. The van der Waals surface area contributed by atoms with E-state index in [0.717, 1.165) is 10.9 Å². The number of nitrogens with one attached hydrogen (secondary N) is 1. The van der Waals surface area contributed by atoms with E-state index in [1.54, 1.807) is 6.07 Å². The summed E-state index contributed by atoms with van der Waals surface area (Å²) in [6.45, 7) is 0. The van der Waals surface area contributed by atoms with Gasteiger partial charge in [0.05, 0.1) is 0 Å². The van der Waals surface area contributed by atoms with Crippen molar-refractivity contribution >= 4 is 16.8 Å². The molecule has 0 aliphatic carbocycles. The van der Waals surface area contributed by atoms with Crippen LogP contribution in [0.15, 0.2) is 30.3 Å². The summed E-state index contributed by atoms with van der Waals surface area (Å²) in [5.74, 6) is -0.443. The highest BCUT2D eigenvalue weighted by Crippen LogP contribution is 2.15. The van der Waals surface area contributed by atoms with Crippen molar-refractivity contribution in [1.82, 2.24) is 10.0 Å². The number of para-hydroxylation sites is 1. The summed E-state index contributed by atoms with van der Waals surface area (Å²) in [7, 11) is 1.30. The minimum atomic E-state index is -0.443. The average molecular weight is 190 g/mol. The molecule has 1 aromatic heterocycles. The molecule has 4 heteroatoms. The summed E-state index contributed by atoms with van der Waals surface area (Å²) < 4.78 is 0. The summed E-state index contributed by atoms with van der Waals surface area (Å²) >= 11 is 0. The van der Waals surface area contributed by atoms with Gasteiger partial charge in [0, 0.05) is 18.0 Å². The number of carbonyl (C=O) groups excluding carboxylic acids is 1. The smallest absolute Gasteiger partial charge is 0.293 e. The maximum Gasteiger partial charge on any atom is 0.293 e. The molecular formula is C10H10N2O2. The minimum absolute atomic E-state index is 0.385. The zero-order valence-electron chi connectivity index (χ0n) is 7.69. The Hall–Kier alpha value is -1.81. The molecule has 0 radical (unpaired) electrons. The lowest BCUT2D eigenvalue weighted by molar-refractivity contribution is -0.0378. The van der Waals surface area contributed by atoms with Crippen molar-refractivity contribution in [2.24, 2.45) is 0 Å². The Morgan fingerprint density at radius 1 is 1.43 bits per heavy atom. The highest BCUT2D eigenvalue weighted by Gasteiger charge is 2.11. The lowest BCUT2D eigenvalue weighted by Crippen LogP contribution is -2.22. The molecule has 1 aromatic carbocycles. The van der Waals surface area contributed by atoms with Gasteiger partial charge >= 0.3 is 0 Å². The molecule has 0 bridgehead atoms. The number of amides is 1. The molecular weight excluding hydrogens is 180 g/mol. The van der Waals surface area contributed by atoms with Crippen LogP contribution >= 0.6 is 0 Å². The van der Waals surface area contributed by atoms with Gasteiger partial charge in [0.1, 0.15) is 5.69 Å². The number of hydroxylamine groups is 2. The summed E-state index contributed by atoms with van der Waals surface area (Å²) in [5.41, 5.74) is 1.27. The van der Waals surface area contributed by atoms with E-state index in [1.807, 2.05) is 24.3 Å². The number of benzene rings is 1. The van der Waals surface area contributed by atoms with Crippen LogP contribution in [-0.4, -0.2) is 28.2 Å². The van der Waals surface area contributed by atoms with E-state index in [1.165, 1.54) is 7.05 Å². The summed E-state index contributed by atoms with van der Waals surface area (Å²) in [4.78, 5) is 14.3. The molecule has 0 unspecified atom stereocenters. The number of hydrogen-bond acceptors (Lipinski definition) is 2. The van der Waals surface area contributed by atoms with Crippen LogP contribution in [0.2, 0.25) is 0 Å². The van der Waals surface area contributed by atoms with Gasteiger partial charge in [-0.15, -0.1) is 0 Å². The van der Waals surface area contributed by atoms with Crippen LogP contribution in [0.4, 0.5) is 0 Å². The Bertz CT molecular complexity index is 441. The zero-order valence-corrected chi connectivity index (χ0v) is 7.69. The van der Waals surface area contributed by atoms with Crippen LogP contribution < -0.4 is 0 Å². The molecule has 2 aromatic rings. The van der Waals surface area contributed by atoms with Gasteiger partial charge in [0.2, 0.25) is 0 Å². The molecule has 0 saturated heterocycles. The van der Waals surface area contributed by atoms with Crippen molar-refractivity contribution in [2.45, 2.75) is 0 Å². The van der Waals surface area contributed by atoms with Crippen LogP contribution in [0.1, 0.15) is 10.5 Å². The monoisotopic (exact) mass is 190 g/mol. The van der Waals surface area contributed by atoms with Gasteiger partial charge in [-0.25, -0.2) is 5.06 Å². The average Bonchev–Trinajstić information content (AvgIpc) is 2.59. The van der Waals surface area contributed by atoms with E-state index in [2.05, 4.69) is 4.98 Å². The molecule has 0 aliphatic rings. The fourth-order valence-corrected chi connectivity index (χ4v) is 1.36. The van der Waals surface area contributed by atoms with E-state index in [4.69, 9.17) is 5.21 Å². The van der Waals surface area contributed by atoms with Crippen molar-refractivity contribution in [3.63, 3.8) is 0 Å². The molecule has 4 nitrogen and oxygen atoms in total. The molecule has 72 valence electrons. The van der Waals surface area contributed by atoms with Crippen LogP contribution in [0.3, 0.4) is 0 Å². The van der Waals surface area contributed by atoms with Crippen molar-refractivity contribution in [3.05, 3.63) is 36.0 Å². The molecule has 1 amide bonds. The molecule has 2 N–H and O–H groups in total. The van der Waals surface area contributed by atoms with Crippen LogP contribution in [0, 0.1) is 0 Å². The lowest BCUT2D eigenvalue weighted by atomic mass is 10.2. The highest BCUT2D eigenvalue weighted by molar-refractivity contribution is 5.97. The number of nitrogens with zero attached hydrogens (tertiary/aromatic N) is 1. The fourth-order valence-electron chi connectivity index (χ4n) is 1.36. The summed E-state index contributed by atoms with van der Waals surface area (Å²) in [5, 5.41) is 10.5. The second-order valence-electron chi connectivity index (χ2n) is 3.10. The molecule has 0 aliphatic heterocycles. The maximum atomic E-state index is 11.4. The van der Waals surface area contributed by atoms with Crippen molar-refractivity contribution in [3.8, 4) is 0 Å². The van der Waals surface area contributed by atoms with E-state index < -0.39 is 5.91 Å². The highest BCUT2D eigenvalue weighted by atomic mass is 16.5. The first-order valence-corrected chi connectivity index (χ1v) is 4.23. The molecule has 1 heterocycles. The Morgan fingerprint density at radius 2 is 2.14 bits per heavy atom. The van der Waals surface area contributed by atoms with Gasteiger partial charge in [-0.1, -0.05) is 18.2 Å². The standard InChI is InChI=1S/C10H10N2O2/c1-12(14)10(13)9-6-7-4-2-3-5-8(7)11-9/h2-6,11,14H,1H3. The van der Waals surface area contributed by atoms with Gasteiger partial charge < -0.3 is 4.98 Å². The predicted octanol–water partition coefficient (Wildman–Crippen LogP) is 1.63. The van der Waals surface area contributed by atoms with Gasteiger partial charge in [-0.2, -0.15) is 0 Å². The molecule has 0 saturated carbocycles. The van der Waals surface area contributed by atoms with E-state index in [-0.39, 0.29) is 0 Å². The number of carbonyl (C=O) groups is 1. The lowest BCUT2D eigenvalue weighted by Gasteiger charge is -2.04. The summed E-state index contributed by atoms with van der Waals surface area (Å²) in [6.07, 6.45) is 0. The van der Waals surface area contributed by atoms with E-state index in [0.29, 0.717) is 10.8 Å². The third-order valence-electron chi connectivity index (χ3n) is 2.05. The SMILES string of the molecule is CN(O)C(=O)c1cc2ccccc2[nH]1. The molecule has 14 heavy (non-hydrogen) atoms. The number of rotatable bonds is 1. The Labute approximate surface area is 80.7 Å². The third-order valence-corrected chi connectivity index (χ3v) is 2.05. The second kappa shape index (κ2) is 3.16. The Morgan fingerprint density at radius 3 is 2.79 bits per heavy atom. The molecule has 0 fully saturated rings. The quantitative estimate of drug-likeness (QED) is 0.530. The number of hydrogen-bond donors (Lipinski definition) is 2. The first kappa shape index (κ1) is 8.77. The van der Waals surface area contributed by atoms with Gasteiger partial charge in [-0.3, -0.25) is 10.0 Å². The van der Waals surface area contributed by atoms with Crippen molar-refractivity contribution in [2.75, 3.05) is 7.05 Å². The largest absolute Gasteiger partial charge is 0.350 e. The van der Waals surface area contributed by atoms with Crippen LogP contribution in [0.5, 0.6) is 0 Å². The summed E-state index contributed by atoms with van der Waals surface area (Å²) in [6, 6.07) is 9.27. The molecule has 2 rings (SSSR count). The second-order valence-corrected chi connectivity index (χ2v) is 3.10. The number of aromatic nitrogens is 1. The molecule has 0 atom stereocenters.